The lowest BCUT2D eigenvalue weighted by atomic mass is 9.97. The molecule has 1 fully saturated rings. The van der Waals surface area contributed by atoms with Crippen LogP contribution in [0.3, 0.4) is 0 Å². The minimum Gasteiger partial charge on any atom is -0.376 e. The van der Waals surface area contributed by atoms with Crippen molar-refractivity contribution in [2.24, 2.45) is 0 Å². The number of aromatic nitrogens is 1. The molecule has 2 N–H and O–H groups in total. The number of pyridine rings is 1. The van der Waals surface area contributed by atoms with E-state index in [0.29, 0.717) is 18.8 Å². The van der Waals surface area contributed by atoms with E-state index in [2.05, 4.69) is 15.0 Å². The molecule has 0 amide bonds. The van der Waals surface area contributed by atoms with Crippen molar-refractivity contribution >= 4 is 15.8 Å². The molecular weight excluding hydrogens is 278 g/mol. The fraction of sp³-hybridized carbons (Fsp3) is 0.615. The summed E-state index contributed by atoms with van der Waals surface area (Å²) in [5.41, 5.74) is -0.570. The first-order valence-corrected chi connectivity index (χ1v) is 8.21. The quantitative estimate of drug-likeness (QED) is 0.858. The summed E-state index contributed by atoms with van der Waals surface area (Å²) in [5.74, 6) is 0.662. The Morgan fingerprint density at radius 1 is 1.50 bits per heavy atom. The Morgan fingerprint density at radius 3 is 2.75 bits per heavy atom. The van der Waals surface area contributed by atoms with Gasteiger partial charge in [0.05, 0.1) is 11.6 Å². The van der Waals surface area contributed by atoms with Gasteiger partial charge in [0.15, 0.2) is 0 Å². The zero-order chi connectivity index (χ0) is 14.8. The summed E-state index contributed by atoms with van der Waals surface area (Å²) in [6.07, 6.45) is 1.88. The molecule has 0 radical (unpaired) electrons. The second-order valence-electron chi connectivity index (χ2n) is 5.20. The number of nitrogens with zero attached hydrogens (tertiary/aromatic N) is 1. The number of hydrogen-bond acceptors (Lipinski definition) is 5. The van der Waals surface area contributed by atoms with Crippen molar-refractivity contribution in [3.63, 3.8) is 0 Å². The lowest BCUT2D eigenvalue weighted by molar-refractivity contribution is 0.0957. The van der Waals surface area contributed by atoms with Crippen LogP contribution in [0.4, 0.5) is 5.82 Å². The Morgan fingerprint density at radius 2 is 2.25 bits per heavy atom. The average Bonchev–Trinajstić information content (AvgIpc) is 2.69. The van der Waals surface area contributed by atoms with Crippen LogP contribution in [0.2, 0.25) is 0 Å². The van der Waals surface area contributed by atoms with Gasteiger partial charge >= 0.3 is 0 Å². The molecule has 2 heterocycles. The number of nitrogens with one attached hydrogen (secondary N) is 2. The van der Waals surface area contributed by atoms with E-state index < -0.39 is 15.6 Å². The van der Waals surface area contributed by atoms with Gasteiger partial charge in [0.2, 0.25) is 10.0 Å². The van der Waals surface area contributed by atoms with E-state index in [0.717, 1.165) is 6.54 Å². The molecule has 2 atom stereocenters. The summed E-state index contributed by atoms with van der Waals surface area (Å²) in [4.78, 5) is 4.26. The van der Waals surface area contributed by atoms with Crippen LogP contribution in [0.1, 0.15) is 27.2 Å². The zero-order valence-electron chi connectivity index (χ0n) is 12.0. The summed E-state index contributed by atoms with van der Waals surface area (Å²) in [7, 11) is -3.59. The van der Waals surface area contributed by atoms with Gasteiger partial charge in [0.25, 0.3) is 0 Å². The third-order valence-electron chi connectivity index (χ3n) is 3.66. The minimum atomic E-state index is -3.59. The van der Waals surface area contributed by atoms with Gasteiger partial charge in [-0.3, -0.25) is 0 Å². The first-order valence-electron chi connectivity index (χ1n) is 6.73. The predicted octanol–water partition coefficient (Wildman–Crippen LogP) is 1.36. The van der Waals surface area contributed by atoms with Crippen LogP contribution in [0.25, 0.3) is 0 Å². The highest BCUT2D eigenvalue weighted by Crippen LogP contribution is 2.27. The minimum absolute atomic E-state index is 0.147. The van der Waals surface area contributed by atoms with Crippen molar-refractivity contribution in [1.82, 2.24) is 9.71 Å². The van der Waals surface area contributed by atoms with Crippen molar-refractivity contribution in [2.45, 2.75) is 43.7 Å². The van der Waals surface area contributed by atoms with Crippen molar-refractivity contribution in [3.8, 4) is 0 Å². The molecule has 20 heavy (non-hydrogen) atoms. The van der Waals surface area contributed by atoms with Crippen molar-refractivity contribution in [1.29, 1.82) is 0 Å². The lowest BCUT2D eigenvalue weighted by Gasteiger charge is -2.28. The lowest BCUT2D eigenvalue weighted by Crippen LogP contribution is -2.50. The highest BCUT2D eigenvalue weighted by molar-refractivity contribution is 7.89. The fourth-order valence-corrected chi connectivity index (χ4v) is 3.60. The van der Waals surface area contributed by atoms with Crippen LogP contribution in [0, 0.1) is 0 Å². The van der Waals surface area contributed by atoms with Crippen LogP contribution >= 0.6 is 0 Å². The van der Waals surface area contributed by atoms with E-state index in [1.165, 1.54) is 6.20 Å². The summed E-state index contributed by atoms with van der Waals surface area (Å²) >= 11 is 0. The second-order valence-corrected chi connectivity index (χ2v) is 6.88. The van der Waals surface area contributed by atoms with Crippen LogP contribution < -0.4 is 10.0 Å². The number of sulfonamides is 1. The smallest absolute Gasteiger partial charge is 0.242 e. The predicted molar refractivity (Wildman–Crippen MR) is 77.2 cm³/mol. The Labute approximate surface area is 120 Å². The van der Waals surface area contributed by atoms with Gasteiger partial charge in [-0.25, -0.2) is 18.1 Å². The van der Waals surface area contributed by atoms with E-state index in [9.17, 15) is 8.42 Å². The van der Waals surface area contributed by atoms with Gasteiger partial charge in [-0.2, -0.15) is 0 Å². The first kappa shape index (κ1) is 15.2. The molecule has 1 aromatic rings. The monoisotopic (exact) mass is 299 g/mol. The molecule has 112 valence electrons. The molecular formula is C13H21N3O3S. The Balaban J connectivity index is 2.18. The van der Waals surface area contributed by atoms with Gasteiger partial charge in [-0.1, -0.05) is 0 Å². The molecule has 0 aliphatic carbocycles. The summed E-state index contributed by atoms with van der Waals surface area (Å²) in [6.45, 7) is 7.00. The van der Waals surface area contributed by atoms with Crippen molar-refractivity contribution in [2.75, 3.05) is 18.5 Å². The molecule has 0 bridgehead atoms. The van der Waals surface area contributed by atoms with Gasteiger partial charge in [-0.15, -0.1) is 0 Å². The molecule has 1 saturated heterocycles. The summed E-state index contributed by atoms with van der Waals surface area (Å²) < 4.78 is 32.9. The summed E-state index contributed by atoms with van der Waals surface area (Å²) in [5, 5.41) is 3.03. The number of rotatable bonds is 5. The van der Waals surface area contributed by atoms with E-state index in [-0.39, 0.29) is 11.0 Å². The normalized spacial score (nSPS) is 26.6. The Kier molecular flexibility index (Phi) is 4.31. The Hall–Kier alpha value is -1.18. The molecule has 0 saturated carbocycles. The maximum absolute atomic E-state index is 12.4. The van der Waals surface area contributed by atoms with Gasteiger partial charge in [-0.05, 0) is 39.3 Å². The molecule has 1 aliphatic rings. The highest BCUT2D eigenvalue weighted by Gasteiger charge is 2.40. The highest BCUT2D eigenvalue weighted by atomic mass is 32.2. The third-order valence-corrected chi connectivity index (χ3v) is 5.26. The fourth-order valence-electron chi connectivity index (χ4n) is 2.16. The van der Waals surface area contributed by atoms with Crippen LogP contribution in [0.15, 0.2) is 23.2 Å². The molecule has 1 aromatic heterocycles. The SMILES string of the molecule is CCNc1ccc(S(=O)(=O)NC2(C)CCOC2C)cn1. The first-order chi connectivity index (χ1) is 9.37. The molecule has 2 rings (SSSR count). The van der Waals surface area contributed by atoms with Crippen LogP contribution in [0.5, 0.6) is 0 Å². The third kappa shape index (κ3) is 3.11. The molecule has 0 spiro atoms. The van der Waals surface area contributed by atoms with E-state index in [4.69, 9.17) is 4.74 Å². The van der Waals surface area contributed by atoms with Crippen LogP contribution in [-0.2, 0) is 14.8 Å². The van der Waals surface area contributed by atoms with Gasteiger partial charge < -0.3 is 10.1 Å². The number of ether oxygens (including phenoxy) is 1. The molecule has 0 aromatic carbocycles. The largest absolute Gasteiger partial charge is 0.376 e. The van der Waals surface area contributed by atoms with E-state index in [1.54, 1.807) is 12.1 Å². The Bertz CT molecular complexity index is 559. The second kappa shape index (κ2) is 5.67. The van der Waals surface area contributed by atoms with E-state index in [1.807, 2.05) is 20.8 Å². The van der Waals surface area contributed by atoms with Crippen molar-refractivity contribution in [3.05, 3.63) is 18.3 Å². The van der Waals surface area contributed by atoms with Crippen molar-refractivity contribution < 1.29 is 13.2 Å². The zero-order valence-corrected chi connectivity index (χ0v) is 12.8. The van der Waals surface area contributed by atoms with E-state index >= 15 is 0 Å². The standard InChI is InChI=1S/C13H21N3O3S/c1-4-14-12-6-5-11(9-15-12)20(17,18)16-13(3)7-8-19-10(13)2/h5-6,9-10,16H,4,7-8H2,1-3H3,(H,14,15). The van der Waals surface area contributed by atoms with Gasteiger partial charge in [0, 0.05) is 19.3 Å². The van der Waals surface area contributed by atoms with Crippen LogP contribution in [-0.4, -0.2) is 38.2 Å². The molecule has 1 aliphatic heterocycles. The maximum atomic E-state index is 12.4. The summed E-state index contributed by atoms with van der Waals surface area (Å²) in [6, 6.07) is 3.21. The number of anilines is 1. The molecule has 7 heteroatoms. The van der Waals surface area contributed by atoms with Gasteiger partial charge in [0.1, 0.15) is 10.7 Å². The molecule has 6 nitrogen and oxygen atoms in total. The molecule has 2 unspecified atom stereocenters. The maximum Gasteiger partial charge on any atom is 0.242 e. The topological polar surface area (TPSA) is 80.3 Å². The number of hydrogen-bond donors (Lipinski definition) is 2. The average molecular weight is 299 g/mol.